The summed E-state index contributed by atoms with van der Waals surface area (Å²) in [6, 6.07) is 2.62. The van der Waals surface area contributed by atoms with E-state index in [9.17, 15) is 0 Å². The summed E-state index contributed by atoms with van der Waals surface area (Å²) in [4.78, 5) is 4.34. The van der Waals surface area contributed by atoms with Gasteiger partial charge in [-0.05, 0) is 31.7 Å². The Morgan fingerprint density at radius 2 is 1.84 bits per heavy atom. The van der Waals surface area contributed by atoms with Crippen molar-refractivity contribution >= 4 is 17.4 Å². The maximum atomic E-state index is 5.90. The second-order valence-electron chi connectivity index (χ2n) is 7.45. The predicted octanol–water partition coefficient (Wildman–Crippen LogP) is 3.58. The van der Waals surface area contributed by atoms with Crippen LogP contribution in [-0.2, 0) is 9.47 Å². The van der Waals surface area contributed by atoms with E-state index in [4.69, 9.17) is 32.5 Å². The van der Waals surface area contributed by atoms with Crippen LogP contribution in [0.2, 0.25) is 5.02 Å². The fourth-order valence-corrected chi connectivity index (χ4v) is 3.45. The van der Waals surface area contributed by atoms with Gasteiger partial charge in [-0.2, -0.15) is 5.10 Å². The Bertz CT molecular complexity index is 620. The van der Waals surface area contributed by atoms with Gasteiger partial charge in [0.15, 0.2) is 0 Å². The van der Waals surface area contributed by atoms with Crippen molar-refractivity contribution in [2.75, 3.05) is 45.3 Å². The zero-order valence-corrected chi connectivity index (χ0v) is 19.9. The largest absolute Gasteiger partial charge is 0.382 e. The fraction of sp³-hybridized carbons (Fsp3) is 0.727. The van der Waals surface area contributed by atoms with E-state index in [2.05, 4.69) is 34.3 Å². The normalized spacial score (nSPS) is 13.7. The van der Waals surface area contributed by atoms with Gasteiger partial charge in [0, 0.05) is 36.9 Å². The summed E-state index contributed by atoms with van der Waals surface area (Å²) < 4.78 is 10.6. The lowest BCUT2D eigenvalue weighted by molar-refractivity contribution is 0.0512. The minimum atomic E-state index is 0.306. The first-order chi connectivity index (χ1) is 15.1. The zero-order valence-electron chi connectivity index (χ0n) is 19.1. The van der Waals surface area contributed by atoms with Crippen LogP contribution in [0.1, 0.15) is 64.0 Å². The minimum absolute atomic E-state index is 0.306. The van der Waals surface area contributed by atoms with Crippen LogP contribution >= 0.6 is 11.6 Å². The van der Waals surface area contributed by atoms with Gasteiger partial charge in [-0.3, -0.25) is 5.10 Å². The summed E-state index contributed by atoms with van der Waals surface area (Å²) in [6.07, 6.45) is 10.6. The van der Waals surface area contributed by atoms with Gasteiger partial charge in [-0.15, -0.1) is 0 Å². The average molecular weight is 457 g/mol. The summed E-state index contributed by atoms with van der Waals surface area (Å²) in [5, 5.41) is 10.5. The van der Waals surface area contributed by atoms with Gasteiger partial charge in [-0.25, -0.2) is 4.98 Å². The van der Waals surface area contributed by atoms with Gasteiger partial charge < -0.3 is 26.3 Å². The van der Waals surface area contributed by atoms with Crippen LogP contribution in [-0.4, -0.2) is 60.7 Å². The van der Waals surface area contributed by atoms with Crippen molar-refractivity contribution in [2.24, 2.45) is 5.73 Å². The Hall–Kier alpha value is -1.45. The van der Waals surface area contributed by atoms with Crippen LogP contribution < -0.4 is 16.8 Å². The molecule has 1 fully saturated rings. The lowest BCUT2D eigenvalue weighted by Gasteiger charge is -2.11. The molecule has 0 aromatic carbocycles. The Morgan fingerprint density at radius 1 is 1.16 bits per heavy atom. The molecular formula is C22H41ClN6O2. The molecule has 0 spiro atoms. The van der Waals surface area contributed by atoms with Crippen LogP contribution in [0.15, 0.2) is 18.5 Å². The van der Waals surface area contributed by atoms with Crippen molar-refractivity contribution in [1.82, 2.24) is 20.5 Å². The highest BCUT2D eigenvalue weighted by atomic mass is 35.5. The molecule has 1 aromatic rings. The van der Waals surface area contributed by atoms with Crippen LogP contribution in [0.3, 0.4) is 0 Å². The van der Waals surface area contributed by atoms with Crippen molar-refractivity contribution in [3.05, 3.63) is 29.2 Å². The highest BCUT2D eigenvalue weighted by Crippen LogP contribution is 2.21. The maximum absolute atomic E-state index is 5.90. The van der Waals surface area contributed by atoms with Gasteiger partial charge in [0.2, 0.25) is 0 Å². The minimum Gasteiger partial charge on any atom is -0.382 e. The summed E-state index contributed by atoms with van der Waals surface area (Å²) >= 11 is 5.90. The number of anilines is 1. The number of nitrogens with one attached hydrogen (secondary N) is 2. The number of ether oxygens (including phenoxy) is 2. The van der Waals surface area contributed by atoms with Crippen molar-refractivity contribution < 1.29 is 9.47 Å². The van der Waals surface area contributed by atoms with Gasteiger partial charge in [0.05, 0.1) is 32.6 Å². The van der Waals surface area contributed by atoms with Crippen LogP contribution in [0.4, 0.5) is 5.82 Å². The molecule has 0 radical (unpaired) electrons. The standard InChI is InChI=1S/C11H17ClN4.C11H24N2O2/c1-3-8(4-2)10-5-6-14-15-7-9(12)11(13)16-10;12-5-7-14-9-10-15-8-6-13-11-3-1-2-4-11/h5-8,14H,3-4,13H2,1-2H3;11,13H,1-10,12H2. The molecule has 0 aliphatic heterocycles. The van der Waals surface area contributed by atoms with Gasteiger partial charge >= 0.3 is 0 Å². The summed E-state index contributed by atoms with van der Waals surface area (Å²) in [5.74, 6) is 0.694. The third-order valence-corrected chi connectivity index (χ3v) is 5.44. The van der Waals surface area contributed by atoms with Crippen molar-refractivity contribution in [1.29, 1.82) is 0 Å². The van der Waals surface area contributed by atoms with E-state index < -0.39 is 0 Å². The third kappa shape index (κ3) is 12.9. The van der Waals surface area contributed by atoms with Crippen LogP contribution in [0.25, 0.3) is 0 Å². The molecule has 1 aromatic heterocycles. The van der Waals surface area contributed by atoms with E-state index in [1.165, 1.54) is 31.9 Å². The van der Waals surface area contributed by atoms with E-state index >= 15 is 0 Å². The summed E-state index contributed by atoms with van der Waals surface area (Å²) in [6.45, 7) is 8.54. The number of H-pyrrole nitrogens is 1. The maximum Gasteiger partial charge on any atom is 0.144 e. The number of halogens is 1. The first kappa shape index (κ1) is 27.6. The predicted molar refractivity (Wildman–Crippen MR) is 128 cm³/mol. The van der Waals surface area contributed by atoms with E-state index in [0.717, 1.165) is 37.7 Å². The molecule has 9 heteroatoms. The molecule has 0 bridgehead atoms. The lowest BCUT2D eigenvalue weighted by Crippen LogP contribution is -2.29. The highest BCUT2D eigenvalue weighted by molar-refractivity contribution is 6.32. The molecule has 0 amide bonds. The van der Waals surface area contributed by atoms with Crippen molar-refractivity contribution in [3.8, 4) is 0 Å². The Morgan fingerprint density at radius 3 is 2.48 bits per heavy atom. The smallest absolute Gasteiger partial charge is 0.144 e. The molecule has 31 heavy (non-hydrogen) atoms. The van der Waals surface area contributed by atoms with Gasteiger partial charge in [0.1, 0.15) is 10.8 Å². The third-order valence-electron chi connectivity index (χ3n) is 5.15. The molecule has 2 rings (SSSR count). The molecule has 1 heterocycles. The van der Waals surface area contributed by atoms with Gasteiger partial charge in [-0.1, -0.05) is 38.3 Å². The van der Waals surface area contributed by atoms with Gasteiger partial charge in [0.25, 0.3) is 0 Å². The number of hydrogen-bond donors (Lipinski definition) is 4. The number of hydrogen-bond acceptors (Lipinski definition) is 7. The molecule has 0 atom stereocenters. The SMILES string of the molecule is CCC(CC)c1cc[nH]ncc(Cl)c(N)n1.NCCOCCOCCNC1CCCC1. The monoisotopic (exact) mass is 456 g/mol. The first-order valence-corrected chi connectivity index (χ1v) is 11.8. The second-order valence-corrected chi connectivity index (χ2v) is 7.86. The fourth-order valence-electron chi connectivity index (χ4n) is 3.36. The molecule has 178 valence electrons. The molecule has 1 aliphatic carbocycles. The molecule has 1 saturated carbocycles. The number of nitrogens with two attached hydrogens (primary N) is 2. The van der Waals surface area contributed by atoms with E-state index in [1.807, 2.05) is 6.07 Å². The van der Waals surface area contributed by atoms with Crippen molar-refractivity contribution in [3.63, 3.8) is 0 Å². The van der Waals surface area contributed by atoms with Crippen LogP contribution in [0, 0.1) is 0 Å². The molecule has 0 saturated heterocycles. The quantitative estimate of drug-likeness (QED) is 0.354. The average Bonchev–Trinajstić information content (AvgIpc) is 3.31. The molecule has 0 unspecified atom stereocenters. The Balaban J connectivity index is 0.000000311. The lowest BCUT2D eigenvalue weighted by atomic mass is 10.00. The topological polar surface area (TPSA) is 124 Å². The molecule has 8 nitrogen and oxygen atoms in total. The number of nitrogens with zero attached hydrogens (tertiary/aromatic N) is 2. The zero-order chi connectivity index (χ0) is 22.7. The number of aromatic amines is 1. The number of rotatable bonds is 12. The summed E-state index contributed by atoms with van der Waals surface area (Å²) in [7, 11) is 0. The van der Waals surface area contributed by atoms with E-state index in [1.54, 1.807) is 6.20 Å². The van der Waals surface area contributed by atoms with E-state index in [0.29, 0.717) is 43.1 Å². The first-order valence-electron chi connectivity index (χ1n) is 11.4. The Kier molecular flexibility index (Phi) is 16.2. The number of aromatic nitrogens is 3. The van der Waals surface area contributed by atoms with E-state index in [-0.39, 0.29) is 0 Å². The highest BCUT2D eigenvalue weighted by Gasteiger charge is 2.13. The van der Waals surface area contributed by atoms with Crippen molar-refractivity contribution in [2.45, 2.75) is 64.3 Å². The summed E-state index contributed by atoms with van der Waals surface area (Å²) in [5.41, 5.74) is 12.0. The molecule has 6 N–H and O–H groups in total. The molecular weight excluding hydrogens is 416 g/mol. The molecule has 1 aliphatic rings. The second kappa shape index (κ2) is 18.2. The number of nitrogen functional groups attached to an aromatic ring is 1. The Labute approximate surface area is 192 Å². The van der Waals surface area contributed by atoms with Crippen LogP contribution in [0.5, 0.6) is 0 Å².